The zero-order valence-corrected chi connectivity index (χ0v) is 25.3. The van der Waals surface area contributed by atoms with Crippen LogP contribution in [0.3, 0.4) is 0 Å². The first kappa shape index (κ1) is 30.0. The Bertz CT molecular complexity index is 1580. The summed E-state index contributed by atoms with van der Waals surface area (Å²) in [6.07, 6.45) is 3.72. The van der Waals surface area contributed by atoms with E-state index in [9.17, 15) is 28.2 Å². The van der Waals surface area contributed by atoms with Gasteiger partial charge in [-0.15, -0.1) is 11.3 Å². The lowest BCUT2D eigenvalue weighted by Gasteiger charge is -2.42. The zero-order valence-electron chi connectivity index (χ0n) is 23.6. The number of aliphatic carboxylic acids is 1. The van der Waals surface area contributed by atoms with Crippen molar-refractivity contribution >= 4 is 38.4 Å². The molecule has 1 atom stereocenters. The van der Waals surface area contributed by atoms with E-state index < -0.39 is 39.8 Å². The number of carboxylic acids is 1. The van der Waals surface area contributed by atoms with Gasteiger partial charge in [0.05, 0.1) is 36.9 Å². The van der Waals surface area contributed by atoms with Crippen LogP contribution in [0.1, 0.15) is 56.8 Å². The SMILES string of the molecule is COc1ccccc1[C@H](CN1C(=O)N(C(C)(C)C(=O)O)S(=O)(=O)c2c1sc(-c1ncco1)c2C)O[C@H]1CC[C@@H](O)CC1. The van der Waals surface area contributed by atoms with Crippen molar-refractivity contribution in [3.63, 3.8) is 0 Å². The van der Waals surface area contributed by atoms with Gasteiger partial charge >= 0.3 is 12.0 Å². The van der Waals surface area contributed by atoms with Gasteiger partial charge in [0.2, 0.25) is 5.89 Å². The Hall–Kier alpha value is -3.46. The largest absolute Gasteiger partial charge is 0.496 e. The number of rotatable bonds is 9. The van der Waals surface area contributed by atoms with Gasteiger partial charge in [-0.3, -0.25) is 4.90 Å². The second-order valence-corrected chi connectivity index (χ2v) is 13.6. The number of carboxylic acid groups (broad SMARTS) is 1. The Morgan fingerprint density at radius 3 is 2.55 bits per heavy atom. The number of amides is 2. The van der Waals surface area contributed by atoms with Gasteiger partial charge in [-0.05, 0) is 58.1 Å². The third-order valence-corrected chi connectivity index (χ3v) is 11.3. The number of thiophene rings is 1. The molecule has 1 saturated carbocycles. The van der Waals surface area contributed by atoms with Crippen LogP contribution in [0, 0.1) is 6.92 Å². The molecular weight excluding hydrogens is 586 g/mol. The molecule has 0 spiro atoms. The Labute approximate surface area is 247 Å². The van der Waals surface area contributed by atoms with Gasteiger partial charge in [-0.2, -0.15) is 4.31 Å². The number of methoxy groups -OCH3 is 1. The van der Waals surface area contributed by atoms with Gasteiger partial charge in [0.15, 0.2) is 5.54 Å². The summed E-state index contributed by atoms with van der Waals surface area (Å²) < 4.78 is 46.1. The van der Waals surface area contributed by atoms with Crippen LogP contribution in [0.2, 0.25) is 0 Å². The highest BCUT2D eigenvalue weighted by Crippen LogP contribution is 2.50. The lowest BCUT2D eigenvalue weighted by atomic mass is 9.94. The standard InChI is InChI=1S/C28H33N3O9S2/c1-16-22(24-29-13-14-39-24)41-25-23(16)42(36,37)31(28(2,3)26(33)34)27(35)30(25)15-21(19-7-5-6-8-20(19)38-4)40-18-11-9-17(32)10-12-18/h5-8,13-14,17-18,21,32H,9-12,15H2,1-4H3,(H,33,34)/t17-,18+,21-/m0/s1. The van der Waals surface area contributed by atoms with Crippen molar-refractivity contribution in [2.45, 2.75) is 75.2 Å². The molecule has 3 aromatic rings. The minimum Gasteiger partial charge on any atom is -0.496 e. The normalized spacial score (nSPS) is 21.2. The molecule has 14 heteroatoms. The fourth-order valence-corrected chi connectivity index (χ4v) is 9.05. The third kappa shape index (κ3) is 5.16. The molecule has 2 aromatic heterocycles. The van der Waals surface area contributed by atoms with Crippen molar-refractivity contribution in [3.8, 4) is 16.5 Å². The van der Waals surface area contributed by atoms with Crippen molar-refractivity contribution < 1.29 is 42.1 Å². The summed E-state index contributed by atoms with van der Waals surface area (Å²) in [4.78, 5) is 32.1. The molecule has 2 N–H and O–H groups in total. The maximum atomic E-state index is 14.2. The minimum absolute atomic E-state index is 0.116. The number of benzene rings is 1. The van der Waals surface area contributed by atoms with Gasteiger partial charge in [-0.25, -0.2) is 23.0 Å². The van der Waals surface area contributed by atoms with Crippen LogP contribution >= 0.6 is 11.3 Å². The maximum absolute atomic E-state index is 14.2. The number of anilines is 1. The summed E-state index contributed by atoms with van der Waals surface area (Å²) in [5.41, 5.74) is -1.18. The number of aromatic nitrogens is 1. The van der Waals surface area contributed by atoms with E-state index in [-0.39, 0.29) is 34.0 Å². The number of para-hydroxylation sites is 1. The lowest BCUT2D eigenvalue weighted by molar-refractivity contribution is -0.145. The van der Waals surface area contributed by atoms with Crippen molar-refractivity contribution in [2.75, 3.05) is 18.6 Å². The molecule has 1 fully saturated rings. The van der Waals surface area contributed by atoms with E-state index in [1.165, 1.54) is 38.3 Å². The van der Waals surface area contributed by atoms with Crippen molar-refractivity contribution in [3.05, 3.63) is 47.9 Å². The molecule has 42 heavy (non-hydrogen) atoms. The van der Waals surface area contributed by atoms with Crippen LogP contribution in [0.25, 0.3) is 10.8 Å². The number of aliphatic hydroxyl groups is 1. The zero-order chi connectivity index (χ0) is 30.4. The lowest BCUT2D eigenvalue weighted by Crippen LogP contribution is -2.62. The summed E-state index contributed by atoms with van der Waals surface area (Å²) >= 11 is 1.02. The van der Waals surface area contributed by atoms with Crippen LogP contribution < -0.4 is 9.64 Å². The monoisotopic (exact) mass is 619 g/mol. The molecule has 0 saturated heterocycles. The van der Waals surface area contributed by atoms with Crippen molar-refractivity contribution in [1.82, 2.24) is 9.29 Å². The predicted octanol–water partition coefficient (Wildman–Crippen LogP) is 4.58. The topological polar surface area (TPSA) is 160 Å². The maximum Gasteiger partial charge on any atom is 0.340 e. The highest BCUT2D eigenvalue weighted by Gasteiger charge is 2.54. The summed E-state index contributed by atoms with van der Waals surface area (Å²) in [6, 6.07) is 6.17. The Balaban J connectivity index is 1.66. The molecule has 0 unspecified atom stereocenters. The van der Waals surface area contributed by atoms with E-state index >= 15 is 0 Å². The van der Waals surface area contributed by atoms with Crippen LogP contribution in [0.4, 0.5) is 9.80 Å². The third-order valence-electron chi connectivity index (χ3n) is 7.71. The van der Waals surface area contributed by atoms with Gasteiger partial charge in [0.1, 0.15) is 28.0 Å². The summed E-state index contributed by atoms with van der Waals surface area (Å²) in [5.74, 6) is -0.792. The number of oxazole rings is 1. The molecule has 1 aliphatic heterocycles. The molecule has 12 nitrogen and oxygen atoms in total. The molecule has 226 valence electrons. The van der Waals surface area contributed by atoms with Crippen molar-refractivity contribution in [2.24, 2.45) is 0 Å². The summed E-state index contributed by atoms with van der Waals surface area (Å²) in [6.45, 7) is 3.78. The molecule has 5 rings (SSSR count). The highest BCUT2D eigenvalue weighted by atomic mass is 32.2. The second kappa shape index (κ2) is 11.3. The van der Waals surface area contributed by atoms with Crippen molar-refractivity contribution in [1.29, 1.82) is 0 Å². The number of carbonyl (C=O) groups excluding carboxylic acids is 1. The van der Waals surface area contributed by atoms with Crippen LogP contribution in [-0.4, -0.2) is 71.3 Å². The number of hydrogen-bond donors (Lipinski definition) is 2. The second-order valence-electron chi connectivity index (χ2n) is 10.9. The molecule has 3 heterocycles. The number of urea groups is 1. The first-order chi connectivity index (χ1) is 19.9. The number of sulfonamides is 1. The van der Waals surface area contributed by atoms with E-state index in [2.05, 4.69) is 4.98 Å². The van der Waals surface area contributed by atoms with Gasteiger partial charge in [0.25, 0.3) is 10.0 Å². The number of nitrogens with zero attached hydrogens (tertiary/aromatic N) is 3. The minimum atomic E-state index is -4.61. The molecule has 2 amide bonds. The summed E-state index contributed by atoms with van der Waals surface area (Å²) in [5, 5.41) is 20.1. The van der Waals surface area contributed by atoms with Crippen LogP contribution in [0.15, 0.2) is 46.0 Å². The van der Waals surface area contributed by atoms with Crippen LogP contribution in [-0.2, 0) is 19.6 Å². The van der Waals surface area contributed by atoms with Crippen LogP contribution in [0.5, 0.6) is 5.75 Å². The highest BCUT2D eigenvalue weighted by molar-refractivity contribution is 7.90. The number of ether oxygens (including phenoxy) is 2. The fourth-order valence-electron chi connectivity index (χ4n) is 5.41. The number of fused-ring (bicyclic) bond motifs is 1. The van der Waals surface area contributed by atoms with E-state index in [1.54, 1.807) is 19.1 Å². The van der Waals surface area contributed by atoms with E-state index in [0.717, 1.165) is 11.3 Å². The Morgan fingerprint density at radius 1 is 1.24 bits per heavy atom. The Morgan fingerprint density at radius 2 is 1.93 bits per heavy atom. The fraction of sp³-hybridized carbons (Fsp3) is 0.464. The first-order valence-electron chi connectivity index (χ1n) is 13.5. The van der Waals surface area contributed by atoms with Gasteiger partial charge in [0, 0.05) is 5.56 Å². The average molecular weight is 620 g/mol. The van der Waals surface area contributed by atoms with Gasteiger partial charge < -0.3 is 24.1 Å². The smallest absolute Gasteiger partial charge is 0.340 e. The Kier molecular flexibility index (Phi) is 8.09. The molecule has 1 aromatic carbocycles. The average Bonchev–Trinajstić information content (AvgIpc) is 3.59. The molecular formula is C28H33N3O9S2. The van der Waals surface area contributed by atoms with E-state index in [4.69, 9.17) is 13.9 Å². The number of aliphatic hydroxyl groups excluding tert-OH is 1. The van der Waals surface area contributed by atoms with E-state index in [0.29, 0.717) is 46.2 Å². The first-order valence-corrected chi connectivity index (χ1v) is 15.7. The molecule has 0 radical (unpaired) electrons. The quantitative estimate of drug-likeness (QED) is 0.347. The number of carbonyl (C=O) groups is 2. The molecule has 1 aliphatic carbocycles. The summed E-state index contributed by atoms with van der Waals surface area (Å²) in [7, 11) is -3.09. The number of hydrogen-bond acceptors (Lipinski definition) is 10. The van der Waals surface area contributed by atoms with Gasteiger partial charge in [-0.1, -0.05) is 18.2 Å². The predicted molar refractivity (Wildman–Crippen MR) is 153 cm³/mol. The molecule has 2 aliphatic rings. The van der Waals surface area contributed by atoms with E-state index in [1.807, 2.05) is 12.1 Å². The molecule has 0 bridgehead atoms.